The Balaban J connectivity index is 1.34. The Labute approximate surface area is 247 Å². The van der Waals surface area contributed by atoms with Gasteiger partial charge in [0.05, 0.1) is 36.2 Å². The van der Waals surface area contributed by atoms with E-state index in [-0.39, 0.29) is 17.9 Å². The normalized spacial score (nSPS) is 17.8. The summed E-state index contributed by atoms with van der Waals surface area (Å²) in [7, 11) is -3.91. The summed E-state index contributed by atoms with van der Waals surface area (Å²) in [6.45, 7) is 2.13. The molecule has 0 radical (unpaired) electrons. The predicted octanol–water partition coefficient (Wildman–Crippen LogP) is 4.92. The van der Waals surface area contributed by atoms with Crippen molar-refractivity contribution in [3.8, 4) is 0 Å². The van der Waals surface area contributed by atoms with Gasteiger partial charge in [-0.1, -0.05) is 103 Å². The van der Waals surface area contributed by atoms with E-state index in [1.807, 2.05) is 91.9 Å². The van der Waals surface area contributed by atoms with Crippen LogP contribution >= 0.6 is 0 Å². The fourth-order valence-electron chi connectivity index (χ4n) is 5.23. The first kappa shape index (κ1) is 29.7. The van der Waals surface area contributed by atoms with Gasteiger partial charge in [-0.05, 0) is 47.7 Å². The number of esters is 1. The van der Waals surface area contributed by atoms with Gasteiger partial charge in [0.2, 0.25) is 10.0 Å². The maximum absolute atomic E-state index is 13.7. The van der Waals surface area contributed by atoms with Crippen LogP contribution in [0.5, 0.6) is 0 Å². The van der Waals surface area contributed by atoms with E-state index in [9.17, 15) is 18.3 Å². The molecule has 0 bridgehead atoms. The molecule has 218 valence electrons. The Kier molecular flexibility index (Phi) is 9.49. The molecule has 0 spiro atoms. The summed E-state index contributed by atoms with van der Waals surface area (Å²) in [4.78, 5) is 13.9. The summed E-state index contributed by atoms with van der Waals surface area (Å²) in [5.74, 6) is -1.52. The van der Waals surface area contributed by atoms with Gasteiger partial charge < -0.3 is 14.6 Å². The summed E-state index contributed by atoms with van der Waals surface area (Å²) < 4.78 is 41.3. The Hall–Kier alpha value is -3.82. The van der Waals surface area contributed by atoms with Gasteiger partial charge in [-0.25, -0.2) is 8.42 Å². The third-order valence-electron chi connectivity index (χ3n) is 7.53. The van der Waals surface area contributed by atoms with E-state index in [0.717, 1.165) is 27.8 Å². The first-order valence-corrected chi connectivity index (χ1v) is 15.5. The molecule has 2 N–H and O–H groups in total. The Morgan fingerprint density at radius 2 is 1.50 bits per heavy atom. The van der Waals surface area contributed by atoms with Crippen molar-refractivity contribution < 1.29 is 27.8 Å². The summed E-state index contributed by atoms with van der Waals surface area (Å²) in [5.41, 5.74) is 4.44. The van der Waals surface area contributed by atoms with Crippen LogP contribution in [0.15, 0.2) is 114 Å². The molecule has 4 atom stereocenters. The van der Waals surface area contributed by atoms with Crippen LogP contribution in [0, 0.1) is 12.8 Å². The second kappa shape index (κ2) is 13.4. The van der Waals surface area contributed by atoms with Crippen molar-refractivity contribution in [2.75, 3.05) is 6.61 Å². The number of aliphatic hydroxyl groups is 1. The zero-order chi connectivity index (χ0) is 29.5. The molecule has 0 unspecified atom stereocenters. The van der Waals surface area contributed by atoms with Crippen molar-refractivity contribution in [2.45, 2.75) is 49.5 Å². The molecule has 0 heterocycles. The molecule has 1 aliphatic rings. The fraction of sp³-hybridized carbons (Fsp3) is 0.265. The highest BCUT2D eigenvalue weighted by Crippen LogP contribution is 2.35. The van der Waals surface area contributed by atoms with Gasteiger partial charge >= 0.3 is 5.97 Å². The van der Waals surface area contributed by atoms with Crippen LogP contribution in [-0.4, -0.2) is 38.3 Å². The SMILES string of the molecule is Cc1ccc(S(=O)(=O)N[C@H]2c3ccccc3C[C@H]2OC(=O)[C@@H](Cc2ccccc2)[C@H](O)COCc2ccccc2)cc1. The number of carbonyl (C=O) groups excluding carboxylic acids is 1. The second-order valence-corrected chi connectivity index (χ2v) is 12.4. The minimum atomic E-state index is -3.91. The molecule has 7 nitrogen and oxygen atoms in total. The minimum Gasteiger partial charge on any atom is -0.460 e. The molecule has 0 aromatic heterocycles. The highest BCUT2D eigenvalue weighted by molar-refractivity contribution is 7.89. The first-order valence-electron chi connectivity index (χ1n) is 14.0. The van der Waals surface area contributed by atoms with Crippen molar-refractivity contribution >= 4 is 16.0 Å². The number of carbonyl (C=O) groups is 1. The van der Waals surface area contributed by atoms with Crippen LogP contribution in [0.3, 0.4) is 0 Å². The van der Waals surface area contributed by atoms with Crippen LogP contribution in [0.25, 0.3) is 0 Å². The van der Waals surface area contributed by atoms with Crippen LogP contribution in [0.2, 0.25) is 0 Å². The molecule has 8 heteroatoms. The van der Waals surface area contributed by atoms with Crippen molar-refractivity contribution in [3.05, 3.63) is 137 Å². The number of aliphatic hydroxyl groups excluding tert-OH is 1. The number of aryl methyl sites for hydroxylation is 1. The van der Waals surface area contributed by atoms with Gasteiger partial charge in [-0.3, -0.25) is 4.79 Å². The van der Waals surface area contributed by atoms with Gasteiger partial charge in [-0.2, -0.15) is 4.72 Å². The molecule has 1 aliphatic carbocycles. The minimum absolute atomic E-state index is 0.0597. The van der Waals surface area contributed by atoms with Gasteiger partial charge in [0, 0.05) is 6.42 Å². The lowest BCUT2D eigenvalue weighted by Crippen LogP contribution is -2.40. The summed E-state index contributed by atoms with van der Waals surface area (Å²) in [6.07, 6.45) is -1.32. The van der Waals surface area contributed by atoms with E-state index in [1.165, 1.54) is 0 Å². The predicted molar refractivity (Wildman–Crippen MR) is 160 cm³/mol. The third kappa shape index (κ3) is 7.33. The molecule has 0 saturated carbocycles. The number of hydrogen-bond donors (Lipinski definition) is 2. The van der Waals surface area contributed by atoms with E-state index >= 15 is 0 Å². The molecule has 4 aromatic rings. The smallest absolute Gasteiger partial charge is 0.312 e. The van der Waals surface area contributed by atoms with Gasteiger partial charge in [-0.15, -0.1) is 0 Å². The monoisotopic (exact) mass is 585 g/mol. The first-order chi connectivity index (χ1) is 20.3. The quantitative estimate of drug-likeness (QED) is 0.229. The molecule has 0 aliphatic heterocycles. The topological polar surface area (TPSA) is 102 Å². The Bertz CT molecular complexity index is 1580. The Morgan fingerprint density at radius 3 is 2.19 bits per heavy atom. The number of fused-ring (bicyclic) bond motifs is 1. The van der Waals surface area contributed by atoms with Gasteiger partial charge in [0.1, 0.15) is 6.10 Å². The van der Waals surface area contributed by atoms with Crippen LogP contribution in [0.4, 0.5) is 0 Å². The van der Waals surface area contributed by atoms with E-state index < -0.39 is 40.2 Å². The maximum Gasteiger partial charge on any atom is 0.312 e. The van der Waals surface area contributed by atoms with Gasteiger partial charge in [0.25, 0.3) is 0 Å². The van der Waals surface area contributed by atoms with Crippen molar-refractivity contribution in [1.82, 2.24) is 4.72 Å². The lowest BCUT2D eigenvalue weighted by atomic mass is 9.94. The van der Waals surface area contributed by atoms with Crippen LogP contribution < -0.4 is 4.72 Å². The summed E-state index contributed by atoms with van der Waals surface area (Å²) in [5, 5.41) is 11.2. The maximum atomic E-state index is 13.7. The van der Waals surface area contributed by atoms with E-state index in [4.69, 9.17) is 9.47 Å². The molecule has 0 fully saturated rings. The number of hydrogen-bond acceptors (Lipinski definition) is 6. The lowest BCUT2D eigenvalue weighted by molar-refractivity contribution is -0.160. The second-order valence-electron chi connectivity index (χ2n) is 10.7. The largest absolute Gasteiger partial charge is 0.460 e. The standard InChI is InChI=1S/C34H35NO6S/c1-24-16-18-28(19-17-24)42(38,39)35-33-29-15-9-8-14-27(29)21-32(33)41-34(37)30(20-25-10-4-2-5-11-25)31(36)23-40-22-26-12-6-3-7-13-26/h2-19,30-33,35-36H,20-23H2,1H3/t30-,31+,32+,33-/m0/s1. The average Bonchev–Trinajstić information content (AvgIpc) is 3.33. The fourth-order valence-corrected chi connectivity index (χ4v) is 6.47. The van der Waals surface area contributed by atoms with Crippen LogP contribution in [0.1, 0.15) is 33.9 Å². The van der Waals surface area contributed by atoms with Crippen LogP contribution in [-0.2, 0) is 43.7 Å². The van der Waals surface area contributed by atoms with Gasteiger partial charge in [0.15, 0.2) is 0 Å². The molecule has 4 aromatic carbocycles. The highest BCUT2D eigenvalue weighted by Gasteiger charge is 2.40. The summed E-state index contributed by atoms with van der Waals surface area (Å²) >= 11 is 0. The lowest BCUT2D eigenvalue weighted by Gasteiger charge is -2.27. The van der Waals surface area contributed by atoms with E-state index in [2.05, 4.69) is 4.72 Å². The zero-order valence-electron chi connectivity index (χ0n) is 23.4. The summed E-state index contributed by atoms with van der Waals surface area (Å²) in [6, 6.07) is 32.3. The highest BCUT2D eigenvalue weighted by atomic mass is 32.2. The van der Waals surface area contributed by atoms with E-state index in [0.29, 0.717) is 13.0 Å². The van der Waals surface area contributed by atoms with Crippen molar-refractivity contribution in [1.29, 1.82) is 0 Å². The number of rotatable bonds is 12. The molecular weight excluding hydrogens is 550 g/mol. The molecule has 42 heavy (non-hydrogen) atoms. The van der Waals surface area contributed by atoms with Crippen molar-refractivity contribution in [3.63, 3.8) is 0 Å². The molecule has 5 rings (SSSR count). The average molecular weight is 586 g/mol. The van der Waals surface area contributed by atoms with E-state index in [1.54, 1.807) is 24.3 Å². The Morgan fingerprint density at radius 1 is 0.881 bits per heavy atom. The molecule has 0 saturated heterocycles. The number of benzene rings is 4. The van der Waals surface area contributed by atoms with Crippen molar-refractivity contribution in [2.24, 2.45) is 5.92 Å². The third-order valence-corrected chi connectivity index (χ3v) is 8.99. The molecule has 0 amide bonds. The number of nitrogens with one attached hydrogen (secondary N) is 1. The zero-order valence-corrected chi connectivity index (χ0v) is 24.2. The number of ether oxygens (including phenoxy) is 2. The molecular formula is C34H35NO6S. The number of sulfonamides is 1.